The maximum Gasteiger partial charge on any atom is 0.303 e. The maximum atomic E-state index is 10.3. The van der Waals surface area contributed by atoms with E-state index in [0.717, 1.165) is 25.7 Å². The van der Waals surface area contributed by atoms with Crippen LogP contribution >= 0.6 is 0 Å². The van der Waals surface area contributed by atoms with Crippen molar-refractivity contribution in [2.24, 2.45) is 0 Å². The summed E-state index contributed by atoms with van der Waals surface area (Å²) in [6.07, 6.45) is 22.3. The lowest BCUT2D eigenvalue weighted by Gasteiger charge is -1.95. The molecule has 0 spiro atoms. The Morgan fingerprint density at radius 2 is 1.25 bits per heavy atom. The van der Waals surface area contributed by atoms with Gasteiger partial charge in [0, 0.05) is 6.42 Å². The monoisotopic (exact) mass is 280 g/mol. The van der Waals surface area contributed by atoms with Crippen LogP contribution in [0.25, 0.3) is 0 Å². The molecule has 0 aromatic heterocycles. The summed E-state index contributed by atoms with van der Waals surface area (Å²) in [5, 5.41) is 8.49. The summed E-state index contributed by atoms with van der Waals surface area (Å²) in [4.78, 5) is 10.3. The fourth-order valence-electron chi connectivity index (χ4n) is 2.05. The van der Waals surface area contributed by atoms with Crippen LogP contribution in [-0.4, -0.2) is 11.1 Å². The van der Waals surface area contributed by atoms with E-state index < -0.39 is 5.97 Å². The fourth-order valence-corrected chi connectivity index (χ4v) is 2.05. The number of carboxylic acids is 1. The molecule has 0 heterocycles. The highest BCUT2D eigenvalue weighted by atomic mass is 16.4. The van der Waals surface area contributed by atoms with E-state index in [2.05, 4.69) is 31.2 Å². The lowest BCUT2D eigenvalue weighted by atomic mass is 10.1. The van der Waals surface area contributed by atoms with Crippen molar-refractivity contribution in [2.45, 2.75) is 84.0 Å². The molecule has 0 bridgehead atoms. The molecule has 0 rings (SSSR count). The van der Waals surface area contributed by atoms with Gasteiger partial charge in [-0.05, 0) is 51.4 Å². The van der Waals surface area contributed by atoms with Crippen molar-refractivity contribution < 1.29 is 9.90 Å². The summed E-state index contributed by atoms with van der Waals surface area (Å²) in [6.45, 7) is 2.25. The van der Waals surface area contributed by atoms with Crippen LogP contribution in [0.5, 0.6) is 0 Å². The van der Waals surface area contributed by atoms with E-state index in [4.69, 9.17) is 5.11 Å². The molecule has 0 saturated carbocycles. The molecule has 0 aromatic rings. The molecule has 0 unspecified atom stereocenters. The van der Waals surface area contributed by atoms with Gasteiger partial charge in [0.1, 0.15) is 0 Å². The van der Waals surface area contributed by atoms with Gasteiger partial charge in [0.15, 0.2) is 0 Å². The van der Waals surface area contributed by atoms with Gasteiger partial charge in [0.2, 0.25) is 0 Å². The molecule has 116 valence electrons. The molecular weight excluding hydrogens is 248 g/mol. The Kier molecular flexibility index (Phi) is 15.2. The van der Waals surface area contributed by atoms with Crippen LogP contribution in [0.1, 0.15) is 84.0 Å². The molecule has 0 amide bonds. The van der Waals surface area contributed by atoms with Crippen LogP contribution in [0, 0.1) is 0 Å². The molecule has 0 atom stereocenters. The molecule has 0 aliphatic heterocycles. The SMILES string of the molecule is CCCCCCC=CCCC/C=C/CCCCC(=O)O. The van der Waals surface area contributed by atoms with Crippen LogP contribution in [0.15, 0.2) is 24.3 Å². The average molecular weight is 280 g/mol. The van der Waals surface area contributed by atoms with Crippen molar-refractivity contribution in [1.82, 2.24) is 0 Å². The highest BCUT2D eigenvalue weighted by molar-refractivity contribution is 5.66. The molecule has 0 saturated heterocycles. The second-order valence-electron chi connectivity index (χ2n) is 5.36. The first-order valence-electron chi connectivity index (χ1n) is 8.29. The van der Waals surface area contributed by atoms with Gasteiger partial charge in [0.05, 0.1) is 0 Å². The third-order valence-corrected chi connectivity index (χ3v) is 3.31. The molecular formula is C18H32O2. The Balaban J connectivity index is 3.18. The molecule has 0 radical (unpaired) electrons. The molecule has 1 N–H and O–H groups in total. The number of unbranched alkanes of at least 4 members (excludes halogenated alkanes) is 8. The minimum Gasteiger partial charge on any atom is -0.481 e. The van der Waals surface area contributed by atoms with Gasteiger partial charge in [-0.3, -0.25) is 4.79 Å². The van der Waals surface area contributed by atoms with Gasteiger partial charge in [-0.1, -0.05) is 50.5 Å². The predicted octanol–water partition coefficient (Wildman–Crippen LogP) is 5.88. The van der Waals surface area contributed by atoms with Crippen LogP contribution in [-0.2, 0) is 4.79 Å². The number of rotatable bonds is 14. The lowest BCUT2D eigenvalue weighted by Crippen LogP contribution is -1.92. The van der Waals surface area contributed by atoms with Crippen molar-refractivity contribution in [3.8, 4) is 0 Å². The van der Waals surface area contributed by atoms with Gasteiger partial charge >= 0.3 is 5.97 Å². The normalized spacial score (nSPS) is 11.7. The second kappa shape index (κ2) is 16.0. The van der Waals surface area contributed by atoms with E-state index in [1.807, 2.05) is 0 Å². The number of allylic oxidation sites excluding steroid dienone is 4. The Morgan fingerprint density at radius 1 is 0.750 bits per heavy atom. The first kappa shape index (κ1) is 18.9. The Hall–Kier alpha value is -1.05. The van der Waals surface area contributed by atoms with E-state index in [1.165, 1.54) is 44.9 Å². The van der Waals surface area contributed by atoms with Gasteiger partial charge in [-0.15, -0.1) is 0 Å². The zero-order valence-electron chi connectivity index (χ0n) is 13.2. The predicted molar refractivity (Wildman–Crippen MR) is 87.0 cm³/mol. The van der Waals surface area contributed by atoms with E-state index in [1.54, 1.807) is 0 Å². The zero-order chi connectivity index (χ0) is 14.9. The van der Waals surface area contributed by atoms with Crippen LogP contribution in [0.4, 0.5) is 0 Å². The van der Waals surface area contributed by atoms with Crippen molar-refractivity contribution in [2.75, 3.05) is 0 Å². The summed E-state index contributed by atoms with van der Waals surface area (Å²) in [6, 6.07) is 0. The van der Waals surface area contributed by atoms with Crippen LogP contribution < -0.4 is 0 Å². The third kappa shape index (κ3) is 16.9. The van der Waals surface area contributed by atoms with E-state index in [-0.39, 0.29) is 0 Å². The molecule has 2 heteroatoms. The first-order chi connectivity index (χ1) is 9.77. The Labute approximate surface area is 125 Å². The zero-order valence-corrected chi connectivity index (χ0v) is 13.2. The maximum absolute atomic E-state index is 10.3. The molecule has 0 aliphatic rings. The number of carboxylic acid groups (broad SMARTS) is 1. The third-order valence-electron chi connectivity index (χ3n) is 3.31. The van der Waals surface area contributed by atoms with E-state index in [9.17, 15) is 4.79 Å². The van der Waals surface area contributed by atoms with Gasteiger partial charge in [0.25, 0.3) is 0 Å². The number of aliphatic carboxylic acids is 1. The summed E-state index contributed by atoms with van der Waals surface area (Å²) >= 11 is 0. The smallest absolute Gasteiger partial charge is 0.303 e. The molecule has 0 fully saturated rings. The summed E-state index contributed by atoms with van der Waals surface area (Å²) in [7, 11) is 0. The highest BCUT2D eigenvalue weighted by Crippen LogP contribution is 2.05. The minimum absolute atomic E-state index is 0.302. The summed E-state index contributed by atoms with van der Waals surface area (Å²) < 4.78 is 0. The highest BCUT2D eigenvalue weighted by Gasteiger charge is 1.94. The van der Waals surface area contributed by atoms with E-state index in [0.29, 0.717) is 6.42 Å². The standard InChI is InChI=1S/C18H32O2/c1-2-3-4-5-6-7-8-9-10-11-12-13-14-15-16-17-18(19)20/h7-8,12-13H,2-6,9-11,14-17H2,1H3,(H,19,20)/b8-7?,13-12+. The number of hydrogen-bond acceptors (Lipinski definition) is 1. The Morgan fingerprint density at radius 3 is 1.75 bits per heavy atom. The quantitative estimate of drug-likeness (QED) is 0.318. The minimum atomic E-state index is -0.685. The largest absolute Gasteiger partial charge is 0.481 e. The molecule has 0 aliphatic carbocycles. The van der Waals surface area contributed by atoms with Gasteiger partial charge < -0.3 is 5.11 Å². The molecule has 20 heavy (non-hydrogen) atoms. The first-order valence-corrected chi connectivity index (χ1v) is 8.29. The number of carbonyl (C=O) groups is 1. The van der Waals surface area contributed by atoms with Crippen molar-refractivity contribution in [3.63, 3.8) is 0 Å². The van der Waals surface area contributed by atoms with Crippen LogP contribution in [0.3, 0.4) is 0 Å². The van der Waals surface area contributed by atoms with Crippen molar-refractivity contribution in [1.29, 1.82) is 0 Å². The fraction of sp³-hybridized carbons (Fsp3) is 0.722. The van der Waals surface area contributed by atoms with Crippen molar-refractivity contribution >= 4 is 5.97 Å². The summed E-state index contributed by atoms with van der Waals surface area (Å²) in [5.74, 6) is -0.685. The Bertz CT molecular complexity index is 267. The van der Waals surface area contributed by atoms with Gasteiger partial charge in [-0.2, -0.15) is 0 Å². The lowest BCUT2D eigenvalue weighted by molar-refractivity contribution is -0.137. The van der Waals surface area contributed by atoms with Crippen LogP contribution in [0.2, 0.25) is 0 Å². The second-order valence-corrected chi connectivity index (χ2v) is 5.36. The van der Waals surface area contributed by atoms with Crippen molar-refractivity contribution in [3.05, 3.63) is 24.3 Å². The number of hydrogen-bond donors (Lipinski definition) is 1. The molecule has 0 aromatic carbocycles. The topological polar surface area (TPSA) is 37.3 Å². The average Bonchev–Trinajstić information content (AvgIpc) is 2.43. The molecule has 2 nitrogen and oxygen atoms in total. The van der Waals surface area contributed by atoms with E-state index >= 15 is 0 Å². The van der Waals surface area contributed by atoms with Gasteiger partial charge in [-0.25, -0.2) is 0 Å². The summed E-state index contributed by atoms with van der Waals surface area (Å²) in [5.41, 5.74) is 0.